The summed E-state index contributed by atoms with van der Waals surface area (Å²) in [6, 6.07) is -0.177. The van der Waals surface area contributed by atoms with Gasteiger partial charge in [0.05, 0.1) is 6.61 Å². The quantitative estimate of drug-likeness (QED) is 0.411. The van der Waals surface area contributed by atoms with Crippen LogP contribution in [0.2, 0.25) is 0 Å². The molecular weight excluding hydrogens is 262 g/mol. The molecule has 1 aliphatic rings. The third-order valence-corrected chi connectivity index (χ3v) is 2.77. The molecule has 1 aromatic heterocycles. The van der Waals surface area contributed by atoms with E-state index in [4.69, 9.17) is 10.6 Å². The molecule has 1 fully saturated rings. The van der Waals surface area contributed by atoms with E-state index in [1.54, 1.807) is 0 Å². The number of rotatable bonds is 6. The van der Waals surface area contributed by atoms with E-state index in [0.717, 1.165) is 19.3 Å². The van der Waals surface area contributed by atoms with E-state index in [1.165, 1.54) is 0 Å². The van der Waals surface area contributed by atoms with Gasteiger partial charge in [-0.05, 0) is 19.3 Å². The largest absolute Gasteiger partial charge is 0.463 e. The molecule has 9 nitrogen and oxygen atoms in total. The van der Waals surface area contributed by atoms with Gasteiger partial charge < -0.3 is 15.4 Å². The average Bonchev–Trinajstić information content (AvgIpc) is 2.47. The van der Waals surface area contributed by atoms with Crippen LogP contribution in [0.3, 0.4) is 0 Å². The minimum absolute atomic E-state index is 0.0602. The first-order chi connectivity index (χ1) is 9.72. The van der Waals surface area contributed by atoms with E-state index in [9.17, 15) is 4.79 Å². The molecule has 0 bridgehead atoms. The number of amides is 1. The SMILES string of the molecule is CCCOc1nc(NN)nc(NC2CCCNC2=O)n1. The number of hydrogen-bond donors (Lipinski definition) is 4. The molecule has 9 heteroatoms. The van der Waals surface area contributed by atoms with E-state index in [0.29, 0.717) is 13.2 Å². The predicted octanol–water partition coefficient (Wildman–Crippen LogP) is -0.363. The maximum Gasteiger partial charge on any atom is 0.323 e. The lowest BCUT2D eigenvalue weighted by molar-refractivity contribution is -0.123. The van der Waals surface area contributed by atoms with Crippen molar-refractivity contribution in [3.05, 3.63) is 0 Å². The molecule has 0 aliphatic carbocycles. The summed E-state index contributed by atoms with van der Waals surface area (Å²) in [7, 11) is 0. The highest BCUT2D eigenvalue weighted by atomic mass is 16.5. The Morgan fingerprint density at radius 1 is 1.40 bits per heavy atom. The first-order valence-electron chi connectivity index (χ1n) is 6.62. The number of piperidine rings is 1. The van der Waals surface area contributed by atoms with E-state index >= 15 is 0 Å². The highest BCUT2D eigenvalue weighted by Gasteiger charge is 2.23. The molecule has 1 saturated heterocycles. The lowest BCUT2D eigenvalue weighted by Gasteiger charge is -2.22. The molecular formula is C11H19N7O2. The predicted molar refractivity (Wildman–Crippen MR) is 73.1 cm³/mol. The lowest BCUT2D eigenvalue weighted by Crippen LogP contribution is -2.44. The van der Waals surface area contributed by atoms with Gasteiger partial charge in [0.2, 0.25) is 17.8 Å². The number of ether oxygens (including phenoxy) is 1. The minimum atomic E-state index is -0.351. The van der Waals surface area contributed by atoms with Gasteiger partial charge in [0.1, 0.15) is 6.04 Å². The molecule has 0 radical (unpaired) electrons. The Labute approximate surface area is 116 Å². The van der Waals surface area contributed by atoms with Crippen LogP contribution < -0.4 is 26.6 Å². The number of aromatic nitrogens is 3. The standard InChI is InChI=1S/C11H19N7O2/c1-2-6-20-11-16-9(15-10(17-11)18-12)14-7-4-3-5-13-8(7)19/h7H,2-6,12H2,1H3,(H,13,19)(H2,14,15,16,17,18). The highest BCUT2D eigenvalue weighted by Crippen LogP contribution is 2.14. The van der Waals surface area contributed by atoms with Gasteiger partial charge >= 0.3 is 6.01 Å². The first-order valence-corrected chi connectivity index (χ1v) is 6.62. The van der Waals surface area contributed by atoms with Crippen molar-refractivity contribution >= 4 is 17.8 Å². The average molecular weight is 281 g/mol. The third kappa shape index (κ3) is 3.67. The van der Waals surface area contributed by atoms with Crippen LogP contribution in [-0.2, 0) is 4.79 Å². The van der Waals surface area contributed by atoms with Gasteiger partial charge in [-0.25, -0.2) is 5.84 Å². The monoisotopic (exact) mass is 281 g/mol. The van der Waals surface area contributed by atoms with Gasteiger partial charge in [0.15, 0.2) is 0 Å². The zero-order valence-electron chi connectivity index (χ0n) is 11.3. The fourth-order valence-corrected chi connectivity index (χ4v) is 1.81. The Hall–Kier alpha value is -2.16. The van der Waals surface area contributed by atoms with Gasteiger partial charge in [-0.15, -0.1) is 0 Å². The van der Waals surface area contributed by atoms with Crippen molar-refractivity contribution in [2.24, 2.45) is 5.84 Å². The van der Waals surface area contributed by atoms with E-state index in [2.05, 4.69) is 31.0 Å². The molecule has 1 aromatic rings. The molecule has 110 valence electrons. The number of carbonyl (C=O) groups excluding carboxylic acids is 1. The van der Waals surface area contributed by atoms with Crippen LogP contribution in [0.15, 0.2) is 0 Å². The fourth-order valence-electron chi connectivity index (χ4n) is 1.81. The van der Waals surface area contributed by atoms with Crippen LogP contribution in [0.5, 0.6) is 6.01 Å². The smallest absolute Gasteiger partial charge is 0.323 e. The summed E-state index contributed by atoms with van der Waals surface area (Å²) in [6.07, 6.45) is 2.48. The van der Waals surface area contributed by atoms with Crippen LogP contribution in [-0.4, -0.2) is 40.1 Å². The van der Waals surface area contributed by atoms with Crippen LogP contribution >= 0.6 is 0 Å². The van der Waals surface area contributed by atoms with Crippen LogP contribution in [0.1, 0.15) is 26.2 Å². The van der Waals surface area contributed by atoms with Crippen LogP contribution in [0.25, 0.3) is 0 Å². The van der Waals surface area contributed by atoms with Crippen molar-refractivity contribution in [3.63, 3.8) is 0 Å². The number of nitrogens with one attached hydrogen (secondary N) is 3. The number of carbonyl (C=O) groups is 1. The molecule has 0 aromatic carbocycles. The van der Waals surface area contributed by atoms with E-state index in [1.807, 2.05) is 6.92 Å². The minimum Gasteiger partial charge on any atom is -0.463 e. The van der Waals surface area contributed by atoms with E-state index in [-0.39, 0.29) is 29.9 Å². The topological polar surface area (TPSA) is 127 Å². The van der Waals surface area contributed by atoms with E-state index < -0.39 is 0 Å². The van der Waals surface area contributed by atoms with Crippen molar-refractivity contribution in [2.75, 3.05) is 23.9 Å². The summed E-state index contributed by atoms with van der Waals surface area (Å²) in [5.41, 5.74) is 2.35. The first kappa shape index (κ1) is 14.3. The number of nitrogens with two attached hydrogens (primary N) is 1. The lowest BCUT2D eigenvalue weighted by atomic mass is 10.1. The Morgan fingerprint density at radius 2 is 2.20 bits per heavy atom. The number of hydrogen-bond acceptors (Lipinski definition) is 8. The molecule has 2 heterocycles. The Morgan fingerprint density at radius 3 is 2.90 bits per heavy atom. The maximum absolute atomic E-state index is 11.7. The fraction of sp³-hybridized carbons (Fsp3) is 0.636. The van der Waals surface area contributed by atoms with Gasteiger partial charge in [-0.2, -0.15) is 15.0 Å². The molecule has 1 aliphatic heterocycles. The van der Waals surface area contributed by atoms with Crippen LogP contribution in [0, 0.1) is 0 Å². The number of nitrogen functional groups attached to an aromatic ring is 1. The maximum atomic E-state index is 11.7. The number of hydrazine groups is 1. The second-order valence-electron chi connectivity index (χ2n) is 4.39. The zero-order chi connectivity index (χ0) is 14.4. The number of nitrogens with zero attached hydrogens (tertiary/aromatic N) is 3. The number of anilines is 2. The Kier molecular flexibility index (Phi) is 4.88. The Bertz CT molecular complexity index is 468. The Balaban J connectivity index is 2.10. The summed E-state index contributed by atoms with van der Waals surface area (Å²) < 4.78 is 5.36. The molecule has 1 atom stereocenters. The summed E-state index contributed by atoms with van der Waals surface area (Å²) in [6.45, 7) is 3.18. The van der Waals surface area contributed by atoms with Gasteiger partial charge in [-0.1, -0.05) is 6.92 Å². The summed E-state index contributed by atoms with van der Waals surface area (Å²) in [4.78, 5) is 23.8. The van der Waals surface area contributed by atoms with Gasteiger partial charge in [-0.3, -0.25) is 10.2 Å². The molecule has 5 N–H and O–H groups in total. The van der Waals surface area contributed by atoms with Crippen molar-refractivity contribution in [2.45, 2.75) is 32.2 Å². The zero-order valence-corrected chi connectivity index (χ0v) is 11.3. The molecule has 1 amide bonds. The van der Waals surface area contributed by atoms with Crippen molar-refractivity contribution < 1.29 is 9.53 Å². The van der Waals surface area contributed by atoms with Crippen LogP contribution in [0.4, 0.5) is 11.9 Å². The molecule has 1 unspecified atom stereocenters. The second-order valence-corrected chi connectivity index (χ2v) is 4.39. The van der Waals surface area contributed by atoms with Gasteiger partial charge in [0.25, 0.3) is 0 Å². The summed E-state index contributed by atoms with van der Waals surface area (Å²) >= 11 is 0. The molecule has 0 spiro atoms. The third-order valence-electron chi connectivity index (χ3n) is 2.77. The molecule has 20 heavy (non-hydrogen) atoms. The van der Waals surface area contributed by atoms with Crippen molar-refractivity contribution in [1.29, 1.82) is 0 Å². The van der Waals surface area contributed by atoms with Gasteiger partial charge in [0, 0.05) is 6.54 Å². The molecule has 0 saturated carbocycles. The normalized spacial score (nSPS) is 18.3. The molecule has 2 rings (SSSR count). The summed E-state index contributed by atoms with van der Waals surface area (Å²) in [5, 5.41) is 5.76. The van der Waals surface area contributed by atoms with Crippen molar-refractivity contribution in [3.8, 4) is 6.01 Å². The summed E-state index contributed by atoms with van der Waals surface area (Å²) in [5.74, 6) is 5.70. The highest BCUT2D eigenvalue weighted by molar-refractivity contribution is 5.84. The second kappa shape index (κ2) is 6.85. The van der Waals surface area contributed by atoms with Crippen molar-refractivity contribution in [1.82, 2.24) is 20.3 Å².